The normalized spacial score (nSPS) is 12.1. The predicted molar refractivity (Wildman–Crippen MR) is 67.5 cm³/mol. The van der Waals surface area contributed by atoms with Crippen LogP contribution in [0.25, 0.3) is 0 Å². The number of hydrogen-bond donors (Lipinski definition) is 1. The van der Waals surface area contributed by atoms with Crippen LogP contribution in [-0.4, -0.2) is 25.0 Å². The van der Waals surface area contributed by atoms with Crippen molar-refractivity contribution in [2.45, 2.75) is 54.5 Å². The summed E-state index contributed by atoms with van der Waals surface area (Å²) in [6, 6.07) is -0.433. The van der Waals surface area contributed by atoms with E-state index in [0.29, 0.717) is 0 Å². The van der Waals surface area contributed by atoms with Crippen LogP contribution in [-0.2, 0) is 9.53 Å². The SMILES string of the molecule is C.CC.CCC(C)C(NC(=O)OC)C(C)=O. The number of ether oxygens (including phenoxy) is 1. The van der Waals surface area contributed by atoms with E-state index in [1.165, 1.54) is 14.0 Å². The molecule has 2 unspecified atom stereocenters. The molecule has 2 atom stereocenters. The van der Waals surface area contributed by atoms with Crippen LogP contribution in [0.3, 0.4) is 0 Å². The number of alkyl carbamates (subject to hydrolysis) is 1. The molecule has 0 saturated heterocycles. The second kappa shape index (κ2) is 12.0. The first-order valence-electron chi connectivity index (χ1n) is 5.37. The average molecular weight is 233 g/mol. The molecule has 0 aliphatic rings. The number of ketones is 1. The zero-order valence-corrected chi connectivity index (χ0v) is 10.6. The highest BCUT2D eigenvalue weighted by molar-refractivity contribution is 5.85. The molecule has 0 heterocycles. The zero-order valence-electron chi connectivity index (χ0n) is 10.6. The van der Waals surface area contributed by atoms with Crippen molar-refractivity contribution in [2.75, 3.05) is 7.11 Å². The van der Waals surface area contributed by atoms with E-state index in [4.69, 9.17) is 0 Å². The van der Waals surface area contributed by atoms with Crippen LogP contribution >= 0.6 is 0 Å². The van der Waals surface area contributed by atoms with Gasteiger partial charge in [0, 0.05) is 0 Å². The molecule has 1 amide bonds. The maximum Gasteiger partial charge on any atom is 0.407 e. The third kappa shape index (κ3) is 8.26. The maximum absolute atomic E-state index is 11.1. The highest BCUT2D eigenvalue weighted by atomic mass is 16.5. The van der Waals surface area contributed by atoms with E-state index in [1.807, 2.05) is 27.7 Å². The van der Waals surface area contributed by atoms with E-state index in [2.05, 4.69) is 10.1 Å². The number of carbonyl (C=O) groups is 2. The average Bonchev–Trinajstić information content (AvgIpc) is 2.26. The number of amides is 1. The van der Waals surface area contributed by atoms with Gasteiger partial charge in [-0.15, -0.1) is 0 Å². The lowest BCUT2D eigenvalue weighted by atomic mass is 9.96. The van der Waals surface area contributed by atoms with Crippen molar-refractivity contribution in [3.8, 4) is 0 Å². The van der Waals surface area contributed by atoms with Gasteiger partial charge >= 0.3 is 6.09 Å². The number of Topliss-reactive ketones (excluding diaryl/α,β-unsaturated/α-hetero) is 1. The van der Waals surface area contributed by atoms with Crippen LogP contribution in [0.1, 0.15) is 48.5 Å². The van der Waals surface area contributed by atoms with E-state index in [9.17, 15) is 9.59 Å². The Balaban J connectivity index is -0.000000529. The Kier molecular flexibility index (Phi) is 15.3. The van der Waals surface area contributed by atoms with Crippen molar-refractivity contribution in [3.63, 3.8) is 0 Å². The van der Waals surface area contributed by atoms with Gasteiger partial charge in [0.1, 0.15) is 0 Å². The van der Waals surface area contributed by atoms with Gasteiger partial charge in [0.05, 0.1) is 13.2 Å². The van der Waals surface area contributed by atoms with Crippen LogP contribution in [0.15, 0.2) is 0 Å². The van der Waals surface area contributed by atoms with Gasteiger partial charge in [-0.25, -0.2) is 4.79 Å². The molecule has 0 aliphatic heterocycles. The highest BCUT2D eigenvalue weighted by Crippen LogP contribution is 2.08. The van der Waals surface area contributed by atoms with Crippen molar-refractivity contribution in [1.82, 2.24) is 5.32 Å². The first-order chi connectivity index (χ1) is 7.02. The molecule has 16 heavy (non-hydrogen) atoms. The summed E-state index contributed by atoms with van der Waals surface area (Å²) in [4.78, 5) is 22.0. The quantitative estimate of drug-likeness (QED) is 0.812. The summed E-state index contributed by atoms with van der Waals surface area (Å²) in [5, 5.41) is 2.51. The van der Waals surface area contributed by atoms with Crippen LogP contribution < -0.4 is 5.32 Å². The first-order valence-corrected chi connectivity index (χ1v) is 5.37. The second-order valence-electron chi connectivity index (χ2n) is 3.11. The number of nitrogens with one attached hydrogen (secondary N) is 1. The fourth-order valence-corrected chi connectivity index (χ4v) is 1.07. The van der Waals surface area contributed by atoms with E-state index < -0.39 is 12.1 Å². The Morgan fingerprint density at radius 3 is 2.00 bits per heavy atom. The van der Waals surface area contributed by atoms with E-state index in [1.54, 1.807) is 0 Å². The second-order valence-corrected chi connectivity index (χ2v) is 3.11. The molecule has 4 nitrogen and oxygen atoms in total. The molecule has 0 radical (unpaired) electrons. The molecule has 98 valence electrons. The van der Waals surface area contributed by atoms with Crippen molar-refractivity contribution in [3.05, 3.63) is 0 Å². The maximum atomic E-state index is 11.1. The molecule has 0 bridgehead atoms. The van der Waals surface area contributed by atoms with E-state index in [0.717, 1.165) is 6.42 Å². The third-order valence-electron chi connectivity index (χ3n) is 2.11. The smallest absolute Gasteiger partial charge is 0.407 e. The van der Waals surface area contributed by atoms with Crippen LogP contribution in [0.2, 0.25) is 0 Å². The molecule has 0 aromatic heterocycles. The van der Waals surface area contributed by atoms with E-state index in [-0.39, 0.29) is 19.1 Å². The molecule has 1 N–H and O–H groups in total. The minimum atomic E-state index is -0.555. The van der Waals surface area contributed by atoms with Gasteiger partial charge in [-0.3, -0.25) is 4.79 Å². The van der Waals surface area contributed by atoms with E-state index >= 15 is 0 Å². The minimum Gasteiger partial charge on any atom is -0.453 e. The summed E-state index contributed by atoms with van der Waals surface area (Å²) in [5.74, 6) is 0.0938. The molecule has 0 saturated carbocycles. The number of methoxy groups -OCH3 is 1. The van der Waals surface area contributed by atoms with Crippen molar-refractivity contribution >= 4 is 11.9 Å². The Hall–Kier alpha value is -1.06. The lowest BCUT2D eigenvalue weighted by Crippen LogP contribution is -2.43. The lowest BCUT2D eigenvalue weighted by molar-refractivity contribution is -0.120. The molecule has 0 spiro atoms. The molecule has 0 aromatic rings. The van der Waals surface area contributed by atoms with Gasteiger partial charge in [-0.1, -0.05) is 41.5 Å². The van der Waals surface area contributed by atoms with Crippen molar-refractivity contribution in [2.24, 2.45) is 5.92 Å². The molecule has 0 fully saturated rings. The van der Waals surface area contributed by atoms with Crippen LogP contribution in [0.4, 0.5) is 4.79 Å². The summed E-state index contributed by atoms with van der Waals surface area (Å²) in [5.41, 5.74) is 0. The molecular formula is C12H27NO3. The first kappa shape index (κ1) is 20.4. The lowest BCUT2D eigenvalue weighted by Gasteiger charge is -2.20. The van der Waals surface area contributed by atoms with Gasteiger partial charge in [-0.2, -0.15) is 0 Å². The minimum absolute atomic E-state index is 0. The number of rotatable bonds is 4. The predicted octanol–water partition coefficient (Wildman–Crippen LogP) is 3.01. The Bertz CT molecular complexity index is 193. The molecule has 0 rings (SSSR count). The Labute approximate surface area is 99.8 Å². The summed E-state index contributed by atoms with van der Waals surface area (Å²) in [7, 11) is 1.28. The Morgan fingerprint density at radius 2 is 1.75 bits per heavy atom. The standard InChI is InChI=1S/C9H17NO3.C2H6.CH4/c1-5-6(2)8(7(3)11)10-9(12)13-4;1-2;/h6,8H,5H2,1-4H3,(H,10,12);1-2H3;1H4. The monoisotopic (exact) mass is 233 g/mol. The third-order valence-corrected chi connectivity index (χ3v) is 2.11. The summed E-state index contributed by atoms with van der Waals surface area (Å²) >= 11 is 0. The molecule has 0 aromatic carbocycles. The largest absolute Gasteiger partial charge is 0.453 e. The zero-order chi connectivity index (χ0) is 12.4. The summed E-state index contributed by atoms with van der Waals surface area (Å²) in [6.45, 7) is 9.36. The summed E-state index contributed by atoms with van der Waals surface area (Å²) < 4.78 is 4.42. The molecule has 4 heteroatoms. The van der Waals surface area contributed by atoms with Crippen molar-refractivity contribution in [1.29, 1.82) is 0 Å². The fraction of sp³-hybridized carbons (Fsp3) is 0.833. The van der Waals surface area contributed by atoms with Gasteiger partial charge in [-0.05, 0) is 12.8 Å². The van der Waals surface area contributed by atoms with Gasteiger partial charge in [0.25, 0.3) is 0 Å². The van der Waals surface area contributed by atoms with Crippen LogP contribution in [0, 0.1) is 5.92 Å². The van der Waals surface area contributed by atoms with Gasteiger partial charge in [0.2, 0.25) is 0 Å². The fourth-order valence-electron chi connectivity index (χ4n) is 1.07. The van der Waals surface area contributed by atoms with Gasteiger partial charge < -0.3 is 10.1 Å². The van der Waals surface area contributed by atoms with Gasteiger partial charge in [0.15, 0.2) is 5.78 Å². The topological polar surface area (TPSA) is 55.4 Å². The summed E-state index contributed by atoms with van der Waals surface area (Å²) in [6.07, 6.45) is 0.286. The number of hydrogen-bond acceptors (Lipinski definition) is 3. The highest BCUT2D eigenvalue weighted by Gasteiger charge is 2.22. The number of carbonyl (C=O) groups excluding carboxylic acids is 2. The molecular weight excluding hydrogens is 206 g/mol. The Morgan fingerprint density at radius 1 is 1.31 bits per heavy atom. The molecule has 0 aliphatic carbocycles. The van der Waals surface area contributed by atoms with Crippen molar-refractivity contribution < 1.29 is 14.3 Å². The van der Waals surface area contributed by atoms with Crippen LogP contribution in [0.5, 0.6) is 0 Å².